The molecule has 2 rings (SSSR count). The van der Waals surface area contributed by atoms with E-state index in [0.29, 0.717) is 6.42 Å². The molecule has 21 heavy (non-hydrogen) atoms. The van der Waals surface area contributed by atoms with Gasteiger partial charge in [0.05, 0.1) is 13.7 Å². The molecular formula is C15H20F2N2O2. The van der Waals surface area contributed by atoms with Gasteiger partial charge in [-0.25, -0.2) is 8.78 Å². The molecule has 0 saturated heterocycles. The van der Waals surface area contributed by atoms with Crippen LogP contribution < -0.4 is 10.1 Å². The van der Waals surface area contributed by atoms with Crippen LogP contribution in [-0.2, 0) is 6.42 Å². The van der Waals surface area contributed by atoms with Gasteiger partial charge in [0.1, 0.15) is 12.4 Å². The highest BCUT2D eigenvalue weighted by atomic mass is 19.3. The fourth-order valence-corrected chi connectivity index (χ4v) is 2.23. The van der Waals surface area contributed by atoms with Crippen LogP contribution in [-0.4, -0.2) is 42.3 Å². The molecule has 0 aliphatic heterocycles. The maximum absolute atomic E-state index is 13.0. The van der Waals surface area contributed by atoms with Crippen molar-refractivity contribution in [3.63, 3.8) is 0 Å². The lowest BCUT2D eigenvalue weighted by Gasteiger charge is -2.18. The largest absolute Gasteiger partial charge is 0.497 e. The van der Waals surface area contributed by atoms with Crippen LogP contribution in [0.4, 0.5) is 8.78 Å². The predicted octanol–water partition coefficient (Wildman–Crippen LogP) is 2.32. The molecule has 0 aliphatic rings. The Hall–Kier alpha value is -1.66. The van der Waals surface area contributed by atoms with Crippen molar-refractivity contribution in [2.24, 2.45) is 0 Å². The number of aliphatic hydroxyl groups is 1. The number of aromatic nitrogens is 1. The van der Waals surface area contributed by atoms with Gasteiger partial charge >= 0.3 is 0 Å². The van der Waals surface area contributed by atoms with Crippen LogP contribution in [0, 0.1) is 0 Å². The fourth-order valence-electron chi connectivity index (χ4n) is 2.23. The van der Waals surface area contributed by atoms with Crippen molar-refractivity contribution in [1.29, 1.82) is 0 Å². The molecule has 0 saturated carbocycles. The maximum atomic E-state index is 13.0. The van der Waals surface area contributed by atoms with Crippen molar-refractivity contribution in [2.75, 3.05) is 20.3 Å². The lowest BCUT2D eigenvalue weighted by Crippen LogP contribution is -2.40. The first-order valence-corrected chi connectivity index (χ1v) is 6.81. The molecule has 1 unspecified atom stereocenters. The highest BCUT2D eigenvalue weighted by Crippen LogP contribution is 2.24. The predicted molar refractivity (Wildman–Crippen MR) is 78.1 cm³/mol. The molecule has 1 heterocycles. The van der Waals surface area contributed by atoms with E-state index < -0.39 is 19.1 Å². The Morgan fingerprint density at radius 1 is 1.43 bits per heavy atom. The van der Waals surface area contributed by atoms with Crippen LogP contribution in [0.15, 0.2) is 24.4 Å². The van der Waals surface area contributed by atoms with Crippen molar-refractivity contribution in [3.05, 3.63) is 30.0 Å². The summed E-state index contributed by atoms with van der Waals surface area (Å²) in [5.74, 6) is -2.33. The molecule has 3 N–H and O–H groups in total. The zero-order valence-electron chi connectivity index (χ0n) is 12.1. The number of hydrogen-bond donors (Lipinski definition) is 3. The molecule has 1 atom stereocenters. The minimum absolute atomic E-state index is 0.132. The molecule has 0 radical (unpaired) electrons. The van der Waals surface area contributed by atoms with Gasteiger partial charge in [0.15, 0.2) is 0 Å². The molecule has 6 heteroatoms. The van der Waals surface area contributed by atoms with E-state index in [0.717, 1.165) is 22.2 Å². The summed E-state index contributed by atoms with van der Waals surface area (Å²) < 4.78 is 31.2. The number of benzene rings is 1. The first kappa shape index (κ1) is 15.7. The summed E-state index contributed by atoms with van der Waals surface area (Å²) in [6, 6.07) is 5.59. The van der Waals surface area contributed by atoms with Crippen molar-refractivity contribution < 1.29 is 18.6 Å². The number of H-pyrrole nitrogens is 1. The van der Waals surface area contributed by atoms with E-state index in [-0.39, 0.29) is 6.04 Å². The lowest BCUT2D eigenvalue weighted by atomic mass is 10.1. The molecule has 4 nitrogen and oxygen atoms in total. The minimum atomic E-state index is -3.09. The first-order chi connectivity index (χ1) is 9.95. The number of methoxy groups -OCH3 is 1. The third-order valence-electron chi connectivity index (χ3n) is 3.44. The van der Waals surface area contributed by atoms with Gasteiger partial charge in [0, 0.05) is 23.1 Å². The Labute approximate surface area is 122 Å². The first-order valence-electron chi connectivity index (χ1n) is 6.81. The number of hydrogen-bond acceptors (Lipinski definition) is 3. The van der Waals surface area contributed by atoms with Gasteiger partial charge in [0.2, 0.25) is 0 Å². The summed E-state index contributed by atoms with van der Waals surface area (Å²) >= 11 is 0. The monoisotopic (exact) mass is 298 g/mol. The van der Waals surface area contributed by atoms with Gasteiger partial charge in [-0.05, 0) is 37.1 Å². The Kier molecular flexibility index (Phi) is 4.80. The third-order valence-corrected chi connectivity index (χ3v) is 3.44. The minimum Gasteiger partial charge on any atom is -0.497 e. The molecule has 0 spiro atoms. The van der Waals surface area contributed by atoms with Crippen molar-refractivity contribution in [2.45, 2.75) is 25.3 Å². The van der Waals surface area contributed by atoms with E-state index in [9.17, 15) is 8.78 Å². The van der Waals surface area contributed by atoms with Crippen LogP contribution >= 0.6 is 0 Å². The molecule has 1 aromatic heterocycles. The van der Waals surface area contributed by atoms with Gasteiger partial charge in [-0.2, -0.15) is 0 Å². The van der Waals surface area contributed by atoms with Gasteiger partial charge in [-0.3, -0.25) is 0 Å². The van der Waals surface area contributed by atoms with Crippen LogP contribution in [0.2, 0.25) is 0 Å². The third kappa shape index (κ3) is 3.92. The number of aliphatic hydroxyl groups excluding tert-OH is 1. The number of halogens is 2. The summed E-state index contributed by atoms with van der Waals surface area (Å²) in [4.78, 5) is 3.16. The van der Waals surface area contributed by atoms with Gasteiger partial charge in [-0.15, -0.1) is 0 Å². The van der Waals surface area contributed by atoms with Crippen LogP contribution in [0.5, 0.6) is 5.75 Å². The summed E-state index contributed by atoms with van der Waals surface area (Å²) in [6.45, 7) is 0.166. The average molecular weight is 298 g/mol. The number of aromatic amines is 1. The van der Waals surface area contributed by atoms with E-state index in [1.807, 2.05) is 31.3 Å². The number of fused-ring (bicyclic) bond motifs is 1. The van der Waals surface area contributed by atoms with E-state index in [2.05, 4.69) is 10.3 Å². The van der Waals surface area contributed by atoms with Crippen molar-refractivity contribution in [3.8, 4) is 5.75 Å². The summed E-state index contributed by atoms with van der Waals surface area (Å²) in [5.41, 5.74) is 2.02. The smallest absolute Gasteiger partial charge is 0.282 e. The molecule has 0 fully saturated rings. The maximum Gasteiger partial charge on any atom is 0.282 e. The Morgan fingerprint density at radius 3 is 2.86 bits per heavy atom. The number of ether oxygens (including phenoxy) is 1. The molecule has 0 bridgehead atoms. The SMILES string of the molecule is COc1ccc2[nH]cc(CC(C)NCC(F)(F)CO)c2c1. The highest BCUT2D eigenvalue weighted by molar-refractivity contribution is 5.84. The van der Waals surface area contributed by atoms with Gasteiger partial charge < -0.3 is 20.1 Å². The number of nitrogens with one attached hydrogen (secondary N) is 2. The summed E-state index contributed by atoms with van der Waals surface area (Å²) in [5, 5.41) is 12.3. The normalized spacial score (nSPS) is 13.6. The van der Waals surface area contributed by atoms with Crippen LogP contribution in [0.3, 0.4) is 0 Å². The standard InChI is InChI=1S/C15H20F2N2O2/c1-10(19-8-15(16,17)9-20)5-11-7-18-14-4-3-12(21-2)6-13(11)14/h3-4,6-7,10,18-20H,5,8-9H2,1-2H3. The van der Waals surface area contributed by atoms with E-state index in [1.165, 1.54) is 0 Å². The van der Waals surface area contributed by atoms with Gasteiger partial charge in [0.25, 0.3) is 5.92 Å². The Bertz CT molecular complexity index is 598. The van der Waals surface area contributed by atoms with Gasteiger partial charge in [-0.1, -0.05) is 0 Å². The summed E-state index contributed by atoms with van der Waals surface area (Å²) in [6.07, 6.45) is 2.49. The molecule has 0 amide bonds. The van der Waals surface area contributed by atoms with Crippen LogP contribution in [0.1, 0.15) is 12.5 Å². The zero-order chi connectivity index (χ0) is 15.5. The number of alkyl halides is 2. The Morgan fingerprint density at radius 2 is 2.19 bits per heavy atom. The quantitative estimate of drug-likeness (QED) is 0.735. The topological polar surface area (TPSA) is 57.3 Å². The number of rotatable bonds is 7. The zero-order valence-corrected chi connectivity index (χ0v) is 12.1. The van der Waals surface area contributed by atoms with E-state index in [1.54, 1.807) is 7.11 Å². The second-order valence-corrected chi connectivity index (χ2v) is 5.23. The molecule has 1 aromatic carbocycles. The van der Waals surface area contributed by atoms with E-state index >= 15 is 0 Å². The van der Waals surface area contributed by atoms with Crippen LogP contribution in [0.25, 0.3) is 10.9 Å². The fraction of sp³-hybridized carbons (Fsp3) is 0.467. The van der Waals surface area contributed by atoms with Crippen molar-refractivity contribution in [1.82, 2.24) is 10.3 Å². The lowest BCUT2D eigenvalue weighted by molar-refractivity contribution is -0.0490. The molecule has 0 aliphatic carbocycles. The van der Waals surface area contributed by atoms with E-state index in [4.69, 9.17) is 9.84 Å². The Balaban J connectivity index is 2.05. The molecular weight excluding hydrogens is 278 g/mol. The van der Waals surface area contributed by atoms with Crippen molar-refractivity contribution >= 4 is 10.9 Å². The second-order valence-electron chi connectivity index (χ2n) is 5.23. The second kappa shape index (κ2) is 6.41. The molecule has 116 valence electrons. The highest BCUT2D eigenvalue weighted by Gasteiger charge is 2.27. The average Bonchev–Trinajstić information content (AvgIpc) is 2.87. The summed E-state index contributed by atoms with van der Waals surface area (Å²) in [7, 11) is 1.61. The molecule has 2 aromatic rings.